The van der Waals surface area contributed by atoms with Gasteiger partial charge in [0, 0.05) is 31.7 Å². The van der Waals surface area contributed by atoms with E-state index in [0.29, 0.717) is 24.5 Å². The first kappa shape index (κ1) is 25.5. The molecule has 192 valence electrons. The fraction of sp³-hybridized carbons (Fsp3) is 0.667. The number of amides is 3. The number of pyridine rings is 1. The lowest BCUT2D eigenvalue weighted by Gasteiger charge is -2.38. The third-order valence-corrected chi connectivity index (χ3v) is 7.67. The molecule has 3 atom stereocenters. The van der Waals surface area contributed by atoms with E-state index in [2.05, 4.69) is 16.4 Å². The van der Waals surface area contributed by atoms with Crippen LogP contribution >= 0.6 is 0 Å². The number of hydrogen-bond acceptors (Lipinski definition) is 5. The van der Waals surface area contributed by atoms with E-state index in [1.807, 2.05) is 19.9 Å². The maximum absolute atomic E-state index is 13.6. The molecule has 1 aromatic rings. The molecule has 35 heavy (non-hydrogen) atoms. The first-order valence-electron chi connectivity index (χ1n) is 13.2. The third kappa shape index (κ3) is 5.97. The standard InChI is InChI=1S/C27H40N4O4/c1-18-15-31(19(2)17-32)26(33)23-13-21(20-9-5-4-6-10-20)14-28-25(23)35-24(18)16-30(3)27(34)29-22-11-7-8-12-22/h9,13-14,18-19,22,24,32H,4-8,10-12,15-17H2,1-3H3,(H,29,34)/t18-,19+,24+/m1/s1. The van der Waals surface area contributed by atoms with Crippen molar-refractivity contribution in [3.63, 3.8) is 0 Å². The molecule has 2 N–H and O–H groups in total. The molecule has 1 saturated carbocycles. The normalized spacial score (nSPS) is 24.1. The van der Waals surface area contributed by atoms with Crippen molar-refractivity contribution in [2.24, 2.45) is 5.92 Å². The molecule has 3 aliphatic rings. The smallest absolute Gasteiger partial charge is 0.317 e. The lowest BCUT2D eigenvalue weighted by atomic mass is 9.93. The second-order valence-corrected chi connectivity index (χ2v) is 10.5. The van der Waals surface area contributed by atoms with Crippen molar-refractivity contribution < 1.29 is 19.4 Å². The number of carbonyl (C=O) groups is 2. The van der Waals surface area contributed by atoms with Crippen LogP contribution in [0.1, 0.15) is 81.1 Å². The highest BCUT2D eigenvalue weighted by atomic mass is 16.5. The first-order chi connectivity index (χ1) is 16.9. The van der Waals surface area contributed by atoms with Crippen LogP contribution in [0.25, 0.3) is 5.57 Å². The van der Waals surface area contributed by atoms with Crippen molar-refractivity contribution in [1.29, 1.82) is 0 Å². The number of allylic oxidation sites excluding steroid dienone is 2. The van der Waals surface area contributed by atoms with Crippen LogP contribution in [0.3, 0.4) is 0 Å². The van der Waals surface area contributed by atoms with Gasteiger partial charge in [-0.2, -0.15) is 0 Å². The zero-order chi connectivity index (χ0) is 24.9. The summed E-state index contributed by atoms with van der Waals surface area (Å²) in [6.45, 7) is 4.55. The highest BCUT2D eigenvalue weighted by Crippen LogP contribution is 2.32. The van der Waals surface area contributed by atoms with Crippen molar-refractivity contribution in [2.45, 2.75) is 83.4 Å². The number of nitrogens with one attached hydrogen (secondary N) is 1. The van der Waals surface area contributed by atoms with Gasteiger partial charge in [-0.25, -0.2) is 9.78 Å². The van der Waals surface area contributed by atoms with E-state index in [4.69, 9.17) is 4.74 Å². The Hall–Kier alpha value is -2.61. The van der Waals surface area contributed by atoms with Crippen molar-refractivity contribution in [3.8, 4) is 5.88 Å². The number of likely N-dealkylation sites (N-methyl/N-ethyl adjacent to an activating group) is 1. The minimum atomic E-state index is -0.346. The van der Waals surface area contributed by atoms with Crippen molar-refractivity contribution in [2.75, 3.05) is 26.7 Å². The van der Waals surface area contributed by atoms with Crippen LogP contribution in [0.15, 0.2) is 18.3 Å². The van der Waals surface area contributed by atoms with Gasteiger partial charge in [-0.05, 0) is 62.7 Å². The maximum atomic E-state index is 13.6. The van der Waals surface area contributed by atoms with Crippen LogP contribution in [-0.4, -0.2) is 76.8 Å². The summed E-state index contributed by atoms with van der Waals surface area (Å²) in [6.07, 6.45) is 12.4. The lowest BCUT2D eigenvalue weighted by Crippen LogP contribution is -2.52. The second kappa shape index (κ2) is 11.4. The Bertz CT molecular complexity index is 943. The Morgan fingerprint density at radius 1 is 1.31 bits per heavy atom. The average Bonchev–Trinajstić information content (AvgIpc) is 3.39. The van der Waals surface area contributed by atoms with Crippen LogP contribution in [0, 0.1) is 5.92 Å². The van der Waals surface area contributed by atoms with Gasteiger partial charge in [0.05, 0.1) is 19.2 Å². The topological polar surface area (TPSA) is 95.0 Å². The Labute approximate surface area is 208 Å². The van der Waals surface area contributed by atoms with Crippen LogP contribution in [0.5, 0.6) is 5.88 Å². The Morgan fingerprint density at radius 2 is 2.09 bits per heavy atom. The molecule has 1 aliphatic heterocycles. The first-order valence-corrected chi connectivity index (χ1v) is 13.2. The summed E-state index contributed by atoms with van der Waals surface area (Å²) >= 11 is 0. The van der Waals surface area contributed by atoms with Gasteiger partial charge >= 0.3 is 6.03 Å². The number of rotatable bonds is 6. The molecule has 1 aromatic heterocycles. The number of aliphatic hydroxyl groups excluding tert-OH is 1. The number of urea groups is 1. The predicted molar refractivity (Wildman–Crippen MR) is 135 cm³/mol. The summed E-state index contributed by atoms with van der Waals surface area (Å²) in [4.78, 5) is 34.4. The molecule has 0 aromatic carbocycles. The highest BCUT2D eigenvalue weighted by Gasteiger charge is 2.35. The Kier molecular flexibility index (Phi) is 8.31. The number of fused-ring (bicyclic) bond motifs is 1. The van der Waals surface area contributed by atoms with E-state index in [9.17, 15) is 14.7 Å². The molecule has 2 aliphatic carbocycles. The molecular weight excluding hydrogens is 444 g/mol. The number of ether oxygens (including phenoxy) is 1. The summed E-state index contributed by atoms with van der Waals surface area (Å²) in [6, 6.07) is 1.70. The van der Waals surface area contributed by atoms with Crippen molar-refractivity contribution in [3.05, 3.63) is 29.5 Å². The lowest BCUT2D eigenvalue weighted by molar-refractivity contribution is 0.0351. The summed E-state index contributed by atoms with van der Waals surface area (Å²) in [5.74, 6) is 0.0572. The van der Waals surface area contributed by atoms with Gasteiger partial charge in [-0.15, -0.1) is 0 Å². The van der Waals surface area contributed by atoms with Crippen LogP contribution < -0.4 is 10.1 Å². The molecule has 2 heterocycles. The third-order valence-electron chi connectivity index (χ3n) is 7.67. The van der Waals surface area contributed by atoms with E-state index < -0.39 is 0 Å². The van der Waals surface area contributed by atoms with Crippen LogP contribution in [-0.2, 0) is 0 Å². The van der Waals surface area contributed by atoms with Gasteiger partial charge in [0.25, 0.3) is 5.91 Å². The minimum Gasteiger partial charge on any atom is -0.472 e. The van der Waals surface area contributed by atoms with Crippen molar-refractivity contribution >= 4 is 17.5 Å². The van der Waals surface area contributed by atoms with E-state index in [-0.39, 0.29) is 42.7 Å². The molecule has 1 fully saturated rings. The summed E-state index contributed by atoms with van der Waals surface area (Å²) in [5, 5.41) is 13.0. The Morgan fingerprint density at radius 3 is 2.77 bits per heavy atom. The minimum absolute atomic E-state index is 0.0645. The monoisotopic (exact) mass is 484 g/mol. The van der Waals surface area contributed by atoms with Gasteiger partial charge in [-0.3, -0.25) is 4.79 Å². The molecule has 8 heteroatoms. The van der Waals surface area contributed by atoms with Gasteiger partial charge in [0.1, 0.15) is 11.7 Å². The van der Waals surface area contributed by atoms with Gasteiger partial charge in [0.2, 0.25) is 5.88 Å². The maximum Gasteiger partial charge on any atom is 0.317 e. The highest BCUT2D eigenvalue weighted by molar-refractivity contribution is 5.97. The van der Waals surface area contributed by atoms with Crippen LogP contribution in [0.2, 0.25) is 0 Å². The van der Waals surface area contributed by atoms with Gasteiger partial charge in [-0.1, -0.05) is 25.8 Å². The van der Waals surface area contributed by atoms with E-state index in [0.717, 1.165) is 50.5 Å². The fourth-order valence-corrected chi connectivity index (χ4v) is 5.30. The molecular formula is C27H40N4O4. The summed E-state index contributed by atoms with van der Waals surface area (Å²) < 4.78 is 6.35. The van der Waals surface area contributed by atoms with E-state index in [1.54, 1.807) is 23.0 Å². The number of hydrogen-bond donors (Lipinski definition) is 2. The SMILES string of the molecule is C[C@@H]1CN([C@@H](C)CO)C(=O)c2cc(C3=CCCCC3)cnc2O[C@H]1CN(C)C(=O)NC1CCCC1. The molecule has 0 radical (unpaired) electrons. The molecule has 8 nitrogen and oxygen atoms in total. The predicted octanol–water partition coefficient (Wildman–Crippen LogP) is 3.84. The fourth-order valence-electron chi connectivity index (χ4n) is 5.30. The number of carbonyl (C=O) groups excluding carboxylic acids is 2. The second-order valence-electron chi connectivity index (χ2n) is 10.5. The zero-order valence-corrected chi connectivity index (χ0v) is 21.3. The molecule has 3 amide bonds. The summed E-state index contributed by atoms with van der Waals surface area (Å²) in [7, 11) is 1.78. The average molecular weight is 485 g/mol. The van der Waals surface area contributed by atoms with Gasteiger partial charge in [0.15, 0.2) is 0 Å². The number of nitrogens with zero attached hydrogens (tertiary/aromatic N) is 3. The van der Waals surface area contributed by atoms with Crippen molar-refractivity contribution in [1.82, 2.24) is 20.1 Å². The number of aromatic nitrogens is 1. The zero-order valence-electron chi connectivity index (χ0n) is 21.3. The Balaban J connectivity index is 1.59. The molecule has 0 bridgehead atoms. The van der Waals surface area contributed by atoms with Gasteiger partial charge < -0.3 is 25.0 Å². The molecule has 0 spiro atoms. The molecule has 0 saturated heterocycles. The molecule has 0 unspecified atom stereocenters. The number of aliphatic hydroxyl groups is 1. The summed E-state index contributed by atoms with van der Waals surface area (Å²) in [5.41, 5.74) is 2.59. The van der Waals surface area contributed by atoms with Crippen LogP contribution in [0.4, 0.5) is 4.79 Å². The van der Waals surface area contributed by atoms with E-state index in [1.165, 1.54) is 12.0 Å². The molecule has 4 rings (SSSR count). The van der Waals surface area contributed by atoms with E-state index >= 15 is 0 Å². The quantitative estimate of drug-likeness (QED) is 0.640. The largest absolute Gasteiger partial charge is 0.472 e.